The minimum Gasteiger partial charge on any atom is -0.490 e. The van der Waals surface area contributed by atoms with Gasteiger partial charge >= 0.3 is 10.1 Å². The Balaban J connectivity index is 1.61. The Kier molecular flexibility index (Phi) is 8.05. The lowest BCUT2D eigenvalue weighted by Crippen LogP contribution is -2.27. The zero-order chi connectivity index (χ0) is 26.7. The molecule has 37 heavy (non-hydrogen) atoms. The number of imide groups is 1. The third-order valence-corrected chi connectivity index (χ3v) is 7.99. The van der Waals surface area contributed by atoms with Crippen molar-refractivity contribution in [1.29, 1.82) is 0 Å². The van der Waals surface area contributed by atoms with Gasteiger partial charge in [-0.05, 0) is 95.1 Å². The second kappa shape index (κ2) is 11.1. The van der Waals surface area contributed by atoms with Crippen LogP contribution in [0.1, 0.15) is 23.6 Å². The number of amides is 2. The highest BCUT2D eigenvalue weighted by molar-refractivity contribution is 9.10. The SMILES string of the molecule is CCOc1cc(/C=C2\SC(=O)N(Cc3ccc(F)cc3)C2=O)cc(Br)c1OS(=O)(=O)c1ccc(C)cc1. The molecule has 0 atom stereocenters. The number of carbonyl (C=O) groups excluding carboxylic acids is 2. The van der Waals surface area contributed by atoms with Crippen molar-refractivity contribution in [2.45, 2.75) is 25.3 Å². The molecule has 0 aliphatic carbocycles. The van der Waals surface area contributed by atoms with Crippen molar-refractivity contribution in [3.05, 3.63) is 92.5 Å². The molecule has 1 heterocycles. The van der Waals surface area contributed by atoms with E-state index in [0.717, 1.165) is 22.2 Å². The third kappa shape index (κ3) is 6.23. The van der Waals surface area contributed by atoms with Crippen LogP contribution in [0.5, 0.6) is 11.5 Å². The second-order valence-electron chi connectivity index (χ2n) is 8.01. The van der Waals surface area contributed by atoms with Crippen molar-refractivity contribution in [3.8, 4) is 11.5 Å². The molecule has 2 amide bonds. The minimum atomic E-state index is -4.14. The van der Waals surface area contributed by atoms with Gasteiger partial charge in [0, 0.05) is 0 Å². The molecule has 0 unspecified atom stereocenters. The Morgan fingerprint density at radius 1 is 1.05 bits per heavy atom. The van der Waals surface area contributed by atoms with E-state index in [0.29, 0.717) is 11.1 Å². The number of benzene rings is 3. The molecule has 192 valence electrons. The standard InChI is InChI=1S/C26H21BrFNO6S2/c1-3-34-22-13-18(12-21(27)24(22)35-37(32,33)20-10-4-16(2)5-11-20)14-23-25(30)29(26(31)36-23)15-17-6-8-19(28)9-7-17/h4-14H,3,15H2,1-2H3/b23-14-. The predicted molar refractivity (Wildman–Crippen MR) is 142 cm³/mol. The van der Waals surface area contributed by atoms with Gasteiger partial charge in [-0.3, -0.25) is 14.5 Å². The van der Waals surface area contributed by atoms with Gasteiger partial charge in [0.2, 0.25) is 0 Å². The van der Waals surface area contributed by atoms with Crippen molar-refractivity contribution < 1.29 is 31.3 Å². The average Bonchev–Trinajstić information content (AvgIpc) is 3.10. The summed E-state index contributed by atoms with van der Waals surface area (Å²) in [6.07, 6.45) is 1.51. The Hall–Kier alpha value is -3.15. The van der Waals surface area contributed by atoms with E-state index in [1.807, 2.05) is 6.92 Å². The van der Waals surface area contributed by atoms with Gasteiger partial charge in [0.15, 0.2) is 11.5 Å². The number of hydrogen-bond acceptors (Lipinski definition) is 7. The number of thioether (sulfide) groups is 1. The van der Waals surface area contributed by atoms with Crippen LogP contribution in [0.4, 0.5) is 9.18 Å². The number of rotatable bonds is 8. The van der Waals surface area contributed by atoms with Gasteiger partial charge in [-0.2, -0.15) is 8.42 Å². The predicted octanol–water partition coefficient (Wildman–Crippen LogP) is 6.30. The van der Waals surface area contributed by atoms with Crippen LogP contribution in [0.25, 0.3) is 6.08 Å². The summed E-state index contributed by atoms with van der Waals surface area (Å²) in [6.45, 7) is 3.82. The lowest BCUT2D eigenvalue weighted by Gasteiger charge is -2.15. The molecule has 0 bridgehead atoms. The van der Waals surface area contributed by atoms with E-state index in [9.17, 15) is 22.4 Å². The Morgan fingerprint density at radius 3 is 2.38 bits per heavy atom. The maximum Gasteiger partial charge on any atom is 0.339 e. The molecule has 1 aliphatic heterocycles. The molecule has 0 radical (unpaired) electrons. The summed E-state index contributed by atoms with van der Waals surface area (Å²) in [7, 11) is -4.14. The van der Waals surface area contributed by atoms with E-state index < -0.39 is 27.1 Å². The average molecular weight is 606 g/mol. The van der Waals surface area contributed by atoms with E-state index in [-0.39, 0.29) is 38.9 Å². The van der Waals surface area contributed by atoms with Gasteiger partial charge in [0.1, 0.15) is 10.7 Å². The summed E-state index contributed by atoms with van der Waals surface area (Å²) in [5, 5.41) is -0.450. The molecular weight excluding hydrogens is 585 g/mol. The molecule has 3 aromatic rings. The number of nitrogens with zero attached hydrogens (tertiary/aromatic N) is 1. The van der Waals surface area contributed by atoms with Crippen LogP contribution in [-0.2, 0) is 21.5 Å². The molecule has 1 fully saturated rings. The fraction of sp³-hybridized carbons (Fsp3) is 0.154. The van der Waals surface area contributed by atoms with Gasteiger partial charge in [-0.15, -0.1) is 0 Å². The molecule has 4 rings (SSSR count). The number of aryl methyl sites for hydroxylation is 1. The fourth-order valence-corrected chi connectivity index (χ4v) is 5.88. The highest BCUT2D eigenvalue weighted by atomic mass is 79.9. The molecule has 0 aromatic heterocycles. The largest absolute Gasteiger partial charge is 0.490 e. The molecule has 3 aromatic carbocycles. The monoisotopic (exact) mass is 605 g/mol. The van der Waals surface area contributed by atoms with Gasteiger partial charge in [0.05, 0.1) is 22.5 Å². The zero-order valence-corrected chi connectivity index (χ0v) is 23.0. The first-order chi connectivity index (χ1) is 17.6. The van der Waals surface area contributed by atoms with Gasteiger partial charge in [0.25, 0.3) is 11.1 Å². The lowest BCUT2D eigenvalue weighted by molar-refractivity contribution is -0.123. The first-order valence-corrected chi connectivity index (χ1v) is 14.1. The van der Waals surface area contributed by atoms with Crippen molar-refractivity contribution in [1.82, 2.24) is 4.90 Å². The van der Waals surface area contributed by atoms with Gasteiger partial charge < -0.3 is 8.92 Å². The van der Waals surface area contributed by atoms with Crippen molar-refractivity contribution in [2.75, 3.05) is 6.61 Å². The second-order valence-corrected chi connectivity index (χ2v) is 11.4. The molecular formula is C26H21BrFNO6S2. The van der Waals surface area contributed by atoms with Crippen molar-refractivity contribution in [2.24, 2.45) is 0 Å². The highest BCUT2D eigenvalue weighted by Crippen LogP contribution is 2.41. The van der Waals surface area contributed by atoms with Crippen molar-refractivity contribution >= 4 is 55.0 Å². The highest BCUT2D eigenvalue weighted by Gasteiger charge is 2.35. The van der Waals surface area contributed by atoms with E-state index in [4.69, 9.17) is 8.92 Å². The molecule has 1 aliphatic rings. The molecule has 0 saturated carbocycles. The first-order valence-electron chi connectivity index (χ1n) is 11.0. The summed E-state index contributed by atoms with van der Waals surface area (Å²) in [5.41, 5.74) is 2.01. The normalized spacial score (nSPS) is 14.9. The number of hydrogen-bond donors (Lipinski definition) is 0. The van der Waals surface area contributed by atoms with Crippen LogP contribution in [0.2, 0.25) is 0 Å². The van der Waals surface area contributed by atoms with E-state index >= 15 is 0 Å². The van der Waals surface area contributed by atoms with E-state index in [1.54, 1.807) is 25.1 Å². The summed E-state index contributed by atoms with van der Waals surface area (Å²) in [6, 6.07) is 14.9. The summed E-state index contributed by atoms with van der Waals surface area (Å²) < 4.78 is 50.2. The van der Waals surface area contributed by atoms with Crippen molar-refractivity contribution in [3.63, 3.8) is 0 Å². The first kappa shape index (κ1) is 26.9. The Labute approximate surface area is 226 Å². The smallest absolute Gasteiger partial charge is 0.339 e. The Bertz CT molecular complexity index is 1490. The topological polar surface area (TPSA) is 90.0 Å². The maximum absolute atomic E-state index is 13.2. The van der Waals surface area contributed by atoms with Gasteiger partial charge in [-0.1, -0.05) is 29.8 Å². The lowest BCUT2D eigenvalue weighted by atomic mass is 10.1. The quantitative estimate of drug-likeness (QED) is 0.220. The molecule has 1 saturated heterocycles. The molecule has 7 nitrogen and oxygen atoms in total. The molecule has 0 N–H and O–H groups in total. The van der Waals surface area contributed by atoms with Crippen LogP contribution < -0.4 is 8.92 Å². The van der Waals surface area contributed by atoms with Gasteiger partial charge in [-0.25, -0.2) is 4.39 Å². The van der Waals surface area contributed by atoms with E-state index in [1.165, 1.54) is 48.5 Å². The maximum atomic E-state index is 13.2. The summed E-state index contributed by atoms with van der Waals surface area (Å²) >= 11 is 4.12. The number of ether oxygens (including phenoxy) is 1. The van der Waals surface area contributed by atoms with Crippen LogP contribution in [0.15, 0.2) is 74.9 Å². The zero-order valence-electron chi connectivity index (χ0n) is 19.7. The molecule has 0 spiro atoms. The Morgan fingerprint density at radius 2 is 1.73 bits per heavy atom. The fourth-order valence-electron chi connectivity index (χ4n) is 3.44. The number of halogens is 2. The van der Waals surface area contributed by atoms with Crippen LogP contribution in [0, 0.1) is 12.7 Å². The third-order valence-electron chi connectivity index (χ3n) is 5.26. The molecule has 11 heteroatoms. The van der Waals surface area contributed by atoms with E-state index in [2.05, 4.69) is 15.9 Å². The summed E-state index contributed by atoms with van der Waals surface area (Å²) in [5.74, 6) is -0.795. The number of carbonyl (C=O) groups is 2. The van der Waals surface area contributed by atoms with Crippen LogP contribution >= 0.6 is 27.7 Å². The van der Waals surface area contributed by atoms with Crippen LogP contribution in [0.3, 0.4) is 0 Å². The van der Waals surface area contributed by atoms with Crippen LogP contribution in [-0.4, -0.2) is 31.1 Å². The minimum absolute atomic E-state index is 0.00801. The summed E-state index contributed by atoms with van der Waals surface area (Å²) in [4.78, 5) is 26.7.